The van der Waals surface area contributed by atoms with Crippen LogP contribution in [0.4, 0.5) is 5.69 Å². The van der Waals surface area contributed by atoms with Crippen molar-refractivity contribution in [3.05, 3.63) is 28.9 Å². The standard InChI is InChI=1S/C11H13ClN4/c1-2-8-10(16-11(13)14)7-5-6(12)3-4-9(7)15-8/h3-5,15H,2H2,1H3,(H4,13,14,16). The van der Waals surface area contributed by atoms with Crippen molar-refractivity contribution in [2.45, 2.75) is 13.3 Å². The van der Waals surface area contributed by atoms with Crippen molar-refractivity contribution in [1.29, 1.82) is 0 Å². The zero-order valence-corrected chi connectivity index (χ0v) is 9.67. The summed E-state index contributed by atoms with van der Waals surface area (Å²) in [4.78, 5) is 7.41. The minimum atomic E-state index is 0.0515. The molecule has 0 saturated heterocycles. The van der Waals surface area contributed by atoms with E-state index >= 15 is 0 Å². The topological polar surface area (TPSA) is 80.2 Å². The van der Waals surface area contributed by atoms with E-state index in [-0.39, 0.29) is 5.96 Å². The molecular weight excluding hydrogens is 224 g/mol. The number of fused-ring (bicyclic) bond motifs is 1. The quantitative estimate of drug-likeness (QED) is 0.552. The minimum absolute atomic E-state index is 0.0515. The summed E-state index contributed by atoms with van der Waals surface area (Å²) in [5.74, 6) is 0.0515. The van der Waals surface area contributed by atoms with Gasteiger partial charge in [0.05, 0.1) is 5.69 Å². The summed E-state index contributed by atoms with van der Waals surface area (Å²) >= 11 is 5.95. The molecule has 1 aromatic carbocycles. The van der Waals surface area contributed by atoms with E-state index in [0.29, 0.717) is 5.02 Å². The summed E-state index contributed by atoms with van der Waals surface area (Å²) < 4.78 is 0. The third-order valence-electron chi connectivity index (χ3n) is 2.40. The summed E-state index contributed by atoms with van der Waals surface area (Å²) in [5, 5.41) is 1.61. The molecule has 0 fully saturated rings. The molecule has 0 spiro atoms. The molecule has 5 heteroatoms. The number of guanidine groups is 1. The van der Waals surface area contributed by atoms with Crippen LogP contribution in [0.2, 0.25) is 5.02 Å². The maximum Gasteiger partial charge on any atom is 0.191 e. The van der Waals surface area contributed by atoms with E-state index in [2.05, 4.69) is 9.98 Å². The predicted molar refractivity (Wildman–Crippen MR) is 68.2 cm³/mol. The van der Waals surface area contributed by atoms with Crippen LogP contribution < -0.4 is 11.5 Å². The second-order valence-corrected chi connectivity index (χ2v) is 3.97. The molecule has 2 aromatic rings. The van der Waals surface area contributed by atoms with Gasteiger partial charge in [0.1, 0.15) is 0 Å². The van der Waals surface area contributed by atoms with E-state index in [0.717, 1.165) is 28.7 Å². The van der Waals surface area contributed by atoms with Crippen LogP contribution in [0.5, 0.6) is 0 Å². The number of benzene rings is 1. The van der Waals surface area contributed by atoms with Crippen LogP contribution in [0.25, 0.3) is 10.9 Å². The zero-order chi connectivity index (χ0) is 11.7. The Balaban J connectivity index is 2.75. The molecule has 0 radical (unpaired) electrons. The molecule has 0 aliphatic rings. The first-order valence-corrected chi connectivity index (χ1v) is 5.39. The molecular formula is C11H13ClN4. The van der Waals surface area contributed by atoms with Crippen molar-refractivity contribution in [2.24, 2.45) is 16.5 Å². The van der Waals surface area contributed by atoms with E-state index in [4.69, 9.17) is 23.1 Å². The fraction of sp³-hybridized carbons (Fsp3) is 0.182. The second kappa shape index (κ2) is 4.06. The lowest BCUT2D eigenvalue weighted by Crippen LogP contribution is -2.22. The molecule has 0 amide bonds. The van der Waals surface area contributed by atoms with Gasteiger partial charge >= 0.3 is 0 Å². The smallest absolute Gasteiger partial charge is 0.191 e. The number of aryl methyl sites for hydroxylation is 1. The van der Waals surface area contributed by atoms with Crippen molar-refractivity contribution in [1.82, 2.24) is 4.98 Å². The predicted octanol–water partition coefficient (Wildman–Crippen LogP) is 2.29. The maximum atomic E-state index is 5.95. The highest BCUT2D eigenvalue weighted by Crippen LogP contribution is 2.32. The Morgan fingerprint density at radius 2 is 2.19 bits per heavy atom. The van der Waals surface area contributed by atoms with E-state index in [9.17, 15) is 0 Å². The van der Waals surface area contributed by atoms with E-state index in [1.54, 1.807) is 0 Å². The molecule has 5 N–H and O–H groups in total. The van der Waals surface area contributed by atoms with E-state index < -0.39 is 0 Å². The zero-order valence-electron chi connectivity index (χ0n) is 8.92. The van der Waals surface area contributed by atoms with Gasteiger partial charge in [-0.1, -0.05) is 18.5 Å². The fourth-order valence-corrected chi connectivity index (χ4v) is 1.89. The molecule has 0 atom stereocenters. The maximum absolute atomic E-state index is 5.95. The summed E-state index contributed by atoms with van der Waals surface area (Å²) in [6.07, 6.45) is 0.832. The van der Waals surface area contributed by atoms with Gasteiger partial charge in [0.15, 0.2) is 5.96 Å². The highest BCUT2D eigenvalue weighted by molar-refractivity contribution is 6.31. The Kier molecular flexibility index (Phi) is 2.75. The molecule has 16 heavy (non-hydrogen) atoms. The number of rotatable bonds is 2. The Bertz CT molecular complexity index is 552. The Labute approximate surface area is 98.3 Å². The monoisotopic (exact) mass is 236 g/mol. The summed E-state index contributed by atoms with van der Waals surface area (Å²) in [6.45, 7) is 2.04. The molecule has 1 aromatic heterocycles. The van der Waals surface area contributed by atoms with Gasteiger partial charge in [0.2, 0.25) is 0 Å². The van der Waals surface area contributed by atoms with Crippen molar-refractivity contribution in [2.75, 3.05) is 0 Å². The van der Waals surface area contributed by atoms with Gasteiger partial charge in [-0.05, 0) is 24.6 Å². The molecule has 0 saturated carbocycles. The second-order valence-electron chi connectivity index (χ2n) is 3.53. The van der Waals surface area contributed by atoms with Gasteiger partial charge in [-0.3, -0.25) is 0 Å². The van der Waals surface area contributed by atoms with Gasteiger partial charge in [-0.25, -0.2) is 4.99 Å². The highest BCUT2D eigenvalue weighted by atomic mass is 35.5. The van der Waals surface area contributed by atoms with E-state index in [1.165, 1.54) is 0 Å². The van der Waals surface area contributed by atoms with Crippen molar-refractivity contribution in [3.63, 3.8) is 0 Å². The molecule has 0 aliphatic carbocycles. The lowest BCUT2D eigenvalue weighted by Gasteiger charge is -1.97. The number of nitrogens with zero attached hydrogens (tertiary/aromatic N) is 1. The first-order valence-electron chi connectivity index (χ1n) is 5.01. The molecule has 84 valence electrons. The largest absolute Gasteiger partial charge is 0.370 e. The van der Waals surface area contributed by atoms with Crippen LogP contribution >= 0.6 is 11.6 Å². The van der Waals surface area contributed by atoms with Crippen molar-refractivity contribution < 1.29 is 0 Å². The SMILES string of the molecule is CCc1[nH]c2ccc(Cl)cc2c1N=C(N)N. The Morgan fingerprint density at radius 1 is 1.44 bits per heavy atom. The number of aliphatic imine (C=N–C) groups is 1. The normalized spacial score (nSPS) is 10.6. The van der Waals surface area contributed by atoms with Crippen LogP contribution in [0.1, 0.15) is 12.6 Å². The number of aromatic nitrogens is 1. The number of aromatic amines is 1. The van der Waals surface area contributed by atoms with Crippen LogP contribution in [-0.4, -0.2) is 10.9 Å². The molecule has 0 bridgehead atoms. The number of nitrogens with one attached hydrogen (secondary N) is 1. The summed E-state index contributed by atoms with van der Waals surface area (Å²) in [7, 11) is 0. The van der Waals surface area contributed by atoms with Crippen LogP contribution in [0.3, 0.4) is 0 Å². The van der Waals surface area contributed by atoms with Gasteiger partial charge in [0.25, 0.3) is 0 Å². The molecule has 0 unspecified atom stereocenters. The van der Waals surface area contributed by atoms with Crippen LogP contribution in [0, 0.1) is 0 Å². The Morgan fingerprint density at radius 3 is 2.81 bits per heavy atom. The number of halogens is 1. The number of hydrogen-bond donors (Lipinski definition) is 3. The van der Waals surface area contributed by atoms with Gasteiger partial charge in [-0.2, -0.15) is 0 Å². The van der Waals surface area contributed by atoms with Crippen LogP contribution in [0.15, 0.2) is 23.2 Å². The van der Waals surface area contributed by atoms with Gasteiger partial charge in [-0.15, -0.1) is 0 Å². The van der Waals surface area contributed by atoms with Gasteiger partial charge in [0, 0.05) is 21.6 Å². The number of hydrogen-bond acceptors (Lipinski definition) is 1. The third kappa shape index (κ3) is 1.84. The molecule has 0 aliphatic heterocycles. The lowest BCUT2D eigenvalue weighted by molar-refractivity contribution is 1.07. The van der Waals surface area contributed by atoms with Crippen LogP contribution in [-0.2, 0) is 6.42 Å². The highest BCUT2D eigenvalue weighted by Gasteiger charge is 2.09. The van der Waals surface area contributed by atoms with Crippen molar-refractivity contribution >= 4 is 34.2 Å². The minimum Gasteiger partial charge on any atom is -0.370 e. The average molecular weight is 237 g/mol. The molecule has 4 nitrogen and oxygen atoms in total. The van der Waals surface area contributed by atoms with E-state index in [1.807, 2.05) is 25.1 Å². The summed E-state index contributed by atoms with van der Waals surface area (Å²) in [5.41, 5.74) is 13.6. The first kappa shape index (κ1) is 10.8. The fourth-order valence-electron chi connectivity index (χ4n) is 1.72. The Hall–Kier alpha value is -1.68. The average Bonchev–Trinajstić information content (AvgIpc) is 2.56. The number of H-pyrrole nitrogens is 1. The molecule has 1 heterocycles. The lowest BCUT2D eigenvalue weighted by atomic mass is 10.2. The van der Waals surface area contributed by atoms with Crippen molar-refractivity contribution in [3.8, 4) is 0 Å². The summed E-state index contributed by atoms with van der Waals surface area (Å²) in [6, 6.07) is 5.61. The first-order chi connectivity index (χ1) is 7.61. The van der Waals surface area contributed by atoms with Gasteiger partial charge < -0.3 is 16.5 Å². The third-order valence-corrected chi connectivity index (χ3v) is 2.64. The number of nitrogens with two attached hydrogens (primary N) is 2. The molecule has 2 rings (SSSR count).